The van der Waals surface area contributed by atoms with Gasteiger partial charge in [0.2, 0.25) is 0 Å². The molecule has 1 aliphatic heterocycles. The van der Waals surface area contributed by atoms with E-state index in [-0.39, 0.29) is 5.82 Å². The third-order valence-corrected chi connectivity index (χ3v) is 4.05. The van der Waals surface area contributed by atoms with Gasteiger partial charge < -0.3 is 0 Å². The van der Waals surface area contributed by atoms with E-state index in [4.69, 9.17) is 0 Å². The summed E-state index contributed by atoms with van der Waals surface area (Å²) in [5.41, 5.74) is 4.75. The third kappa shape index (κ3) is 2.69. The highest BCUT2D eigenvalue weighted by Crippen LogP contribution is 2.31. The molecule has 0 aliphatic carbocycles. The van der Waals surface area contributed by atoms with Crippen LogP contribution in [0.15, 0.2) is 53.0 Å². The molecule has 0 fully saturated rings. The predicted octanol–water partition coefficient (Wildman–Crippen LogP) is 4.47. The number of hydrogen-bond donors (Lipinski definition) is 0. The predicted molar refractivity (Wildman–Crippen MR) is 84.0 cm³/mol. The van der Waals surface area contributed by atoms with Crippen LogP contribution in [0, 0.1) is 5.82 Å². The summed E-state index contributed by atoms with van der Waals surface area (Å²) in [6.07, 6.45) is 2.22. The van der Waals surface area contributed by atoms with Gasteiger partial charge >= 0.3 is 0 Å². The Bertz CT molecular complexity index is 661. The molecule has 1 aliphatic rings. The number of rotatable bonds is 1. The molecule has 0 aromatic heterocycles. The molecule has 20 heavy (non-hydrogen) atoms. The molecule has 3 rings (SSSR count). The van der Waals surface area contributed by atoms with Crippen LogP contribution in [0.2, 0.25) is 0 Å². The average Bonchev–Trinajstić information content (AvgIpc) is 2.58. The Kier molecular flexibility index (Phi) is 3.72. The molecule has 0 amide bonds. The minimum absolute atomic E-state index is 0.198. The molecular formula is C17H15BrFN. The van der Waals surface area contributed by atoms with Crippen molar-refractivity contribution in [1.29, 1.82) is 0 Å². The van der Waals surface area contributed by atoms with Crippen molar-refractivity contribution in [2.45, 2.75) is 6.54 Å². The van der Waals surface area contributed by atoms with E-state index in [1.54, 1.807) is 0 Å². The van der Waals surface area contributed by atoms with Gasteiger partial charge in [0.05, 0.1) is 0 Å². The first-order chi connectivity index (χ1) is 9.63. The van der Waals surface area contributed by atoms with Crippen molar-refractivity contribution in [2.24, 2.45) is 0 Å². The minimum atomic E-state index is -0.198. The normalized spacial score (nSPS) is 15.4. The van der Waals surface area contributed by atoms with Gasteiger partial charge in [-0.2, -0.15) is 0 Å². The van der Waals surface area contributed by atoms with Crippen LogP contribution < -0.4 is 0 Å². The molecule has 102 valence electrons. The molecule has 1 nitrogen and oxygen atoms in total. The zero-order chi connectivity index (χ0) is 14.1. The number of benzene rings is 2. The van der Waals surface area contributed by atoms with Gasteiger partial charge in [-0.25, -0.2) is 4.39 Å². The van der Waals surface area contributed by atoms with Crippen LogP contribution in [-0.2, 0) is 6.54 Å². The van der Waals surface area contributed by atoms with Gasteiger partial charge in [0.25, 0.3) is 0 Å². The summed E-state index contributed by atoms with van der Waals surface area (Å²) in [4.78, 5) is 2.27. The summed E-state index contributed by atoms with van der Waals surface area (Å²) >= 11 is 3.53. The standard InChI is InChI=1S/C17H15BrFN/c1-20-9-8-17(12-2-5-15(19)6-3-12)16-7-4-14(18)10-13(16)11-20/h2-8,10H,9,11H2,1H3. The van der Waals surface area contributed by atoms with Gasteiger partial charge in [-0.3, -0.25) is 4.90 Å². The molecule has 3 heteroatoms. The molecule has 0 spiro atoms. The highest BCUT2D eigenvalue weighted by molar-refractivity contribution is 9.10. The summed E-state index contributed by atoms with van der Waals surface area (Å²) in [6.45, 7) is 1.80. The van der Waals surface area contributed by atoms with Crippen molar-refractivity contribution in [3.63, 3.8) is 0 Å². The Balaban J connectivity index is 2.13. The van der Waals surface area contributed by atoms with E-state index in [1.165, 1.54) is 28.8 Å². The molecule has 0 unspecified atom stereocenters. The fourth-order valence-electron chi connectivity index (χ4n) is 2.57. The molecule has 0 atom stereocenters. The highest BCUT2D eigenvalue weighted by atomic mass is 79.9. The lowest BCUT2D eigenvalue weighted by atomic mass is 9.94. The number of nitrogens with zero attached hydrogens (tertiary/aromatic N) is 1. The largest absolute Gasteiger partial charge is 0.298 e. The quantitative estimate of drug-likeness (QED) is 0.745. The second kappa shape index (κ2) is 5.51. The molecule has 0 saturated carbocycles. The van der Waals surface area contributed by atoms with Crippen LogP contribution >= 0.6 is 15.9 Å². The van der Waals surface area contributed by atoms with Crippen LogP contribution in [-0.4, -0.2) is 18.5 Å². The molecule has 2 aromatic rings. The van der Waals surface area contributed by atoms with Gasteiger partial charge in [-0.1, -0.05) is 40.2 Å². The lowest BCUT2D eigenvalue weighted by Crippen LogP contribution is -2.16. The number of halogens is 2. The summed E-state index contributed by atoms with van der Waals surface area (Å²) in [7, 11) is 2.11. The maximum absolute atomic E-state index is 13.1. The Morgan fingerprint density at radius 1 is 1.10 bits per heavy atom. The molecule has 1 heterocycles. The lowest BCUT2D eigenvalue weighted by molar-refractivity contribution is 0.366. The van der Waals surface area contributed by atoms with Crippen LogP contribution in [0.25, 0.3) is 5.57 Å². The third-order valence-electron chi connectivity index (χ3n) is 3.56. The first-order valence-electron chi connectivity index (χ1n) is 6.57. The van der Waals surface area contributed by atoms with Crippen molar-refractivity contribution in [3.8, 4) is 0 Å². The minimum Gasteiger partial charge on any atom is -0.298 e. The summed E-state index contributed by atoms with van der Waals surface area (Å²) in [6, 6.07) is 13.1. The van der Waals surface area contributed by atoms with Crippen molar-refractivity contribution >= 4 is 21.5 Å². The number of fused-ring (bicyclic) bond motifs is 1. The summed E-state index contributed by atoms with van der Waals surface area (Å²) in [5, 5.41) is 0. The zero-order valence-corrected chi connectivity index (χ0v) is 12.8. The summed E-state index contributed by atoms with van der Waals surface area (Å²) < 4.78 is 14.2. The van der Waals surface area contributed by atoms with Crippen molar-refractivity contribution in [2.75, 3.05) is 13.6 Å². The molecular weight excluding hydrogens is 317 g/mol. The number of likely N-dealkylation sites (N-methyl/N-ethyl adjacent to an activating group) is 1. The molecule has 0 radical (unpaired) electrons. The van der Waals surface area contributed by atoms with Gasteiger partial charge in [0, 0.05) is 17.6 Å². The lowest BCUT2D eigenvalue weighted by Gasteiger charge is -2.14. The van der Waals surface area contributed by atoms with Crippen LogP contribution in [0.3, 0.4) is 0 Å². The van der Waals surface area contributed by atoms with Crippen molar-refractivity contribution in [3.05, 3.63) is 75.5 Å². The fourth-order valence-corrected chi connectivity index (χ4v) is 2.98. The second-order valence-electron chi connectivity index (χ2n) is 5.12. The van der Waals surface area contributed by atoms with Crippen molar-refractivity contribution < 1.29 is 4.39 Å². The fraction of sp³-hybridized carbons (Fsp3) is 0.176. The van der Waals surface area contributed by atoms with Gasteiger partial charge in [0.15, 0.2) is 0 Å². The SMILES string of the molecule is CN1CC=C(c2ccc(F)cc2)c2ccc(Br)cc2C1. The van der Waals surface area contributed by atoms with Crippen LogP contribution in [0.4, 0.5) is 4.39 Å². The Labute approximate surface area is 126 Å². The van der Waals surface area contributed by atoms with E-state index < -0.39 is 0 Å². The zero-order valence-electron chi connectivity index (χ0n) is 11.2. The Morgan fingerprint density at radius 3 is 2.60 bits per heavy atom. The van der Waals surface area contributed by atoms with E-state index in [1.807, 2.05) is 12.1 Å². The van der Waals surface area contributed by atoms with E-state index >= 15 is 0 Å². The van der Waals surface area contributed by atoms with E-state index in [0.717, 1.165) is 23.1 Å². The van der Waals surface area contributed by atoms with E-state index in [9.17, 15) is 4.39 Å². The van der Waals surface area contributed by atoms with E-state index in [0.29, 0.717) is 0 Å². The average molecular weight is 332 g/mol. The van der Waals surface area contributed by atoms with Gasteiger partial charge in [0.1, 0.15) is 5.82 Å². The van der Waals surface area contributed by atoms with Gasteiger partial charge in [-0.05, 0) is 53.6 Å². The van der Waals surface area contributed by atoms with Crippen LogP contribution in [0.1, 0.15) is 16.7 Å². The maximum atomic E-state index is 13.1. The molecule has 2 aromatic carbocycles. The van der Waals surface area contributed by atoms with E-state index in [2.05, 4.69) is 52.2 Å². The highest BCUT2D eigenvalue weighted by Gasteiger charge is 2.15. The Hall–Kier alpha value is -1.45. The van der Waals surface area contributed by atoms with Gasteiger partial charge in [-0.15, -0.1) is 0 Å². The van der Waals surface area contributed by atoms with Crippen LogP contribution in [0.5, 0.6) is 0 Å². The Morgan fingerprint density at radius 2 is 1.85 bits per heavy atom. The topological polar surface area (TPSA) is 3.24 Å². The maximum Gasteiger partial charge on any atom is 0.123 e. The molecule has 0 bridgehead atoms. The first-order valence-corrected chi connectivity index (χ1v) is 7.36. The summed E-state index contributed by atoms with van der Waals surface area (Å²) in [5.74, 6) is -0.198. The monoisotopic (exact) mass is 331 g/mol. The molecule has 0 saturated heterocycles. The smallest absolute Gasteiger partial charge is 0.123 e. The number of hydrogen-bond acceptors (Lipinski definition) is 1. The molecule has 0 N–H and O–H groups in total. The van der Waals surface area contributed by atoms with Crippen molar-refractivity contribution in [1.82, 2.24) is 4.90 Å². The second-order valence-corrected chi connectivity index (χ2v) is 6.04. The first kappa shape index (κ1) is 13.5.